The summed E-state index contributed by atoms with van der Waals surface area (Å²) in [6.07, 6.45) is 1.47. The van der Waals surface area contributed by atoms with Crippen LogP contribution in [0.25, 0.3) is 11.3 Å². The first-order valence-electron chi connectivity index (χ1n) is 8.80. The van der Waals surface area contributed by atoms with Crippen LogP contribution in [0.5, 0.6) is 0 Å². The molecule has 0 bridgehead atoms. The van der Waals surface area contributed by atoms with E-state index >= 15 is 0 Å². The van der Waals surface area contributed by atoms with E-state index in [0.29, 0.717) is 9.47 Å². The number of aromatic nitrogens is 4. The maximum absolute atomic E-state index is 14.2. The molecular formula is C20H15F2N5OS2. The average molecular weight is 444 g/mol. The summed E-state index contributed by atoms with van der Waals surface area (Å²) in [6, 6.07) is 13.1. The Balaban J connectivity index is 1.49. The first-order valence-corrected chi connectivity index (χ1v) is 10.6. The zero-order valence-electron chi connectivity index (χ0n) is 15.7. The molecule has 0 radical (unpaired) electrons. The highest BCUT2D eigenvalue weighted by atomic mass is 32.2. The van der Waals surface area contributed by atoms with Crippen molar-refractivity contribution in [1.29, 1.82) is 0 Å². The summed E-state index contributed by atoms with van der Waals surface area (Å²) in [6.45, 7) is 0. The second-order valence-electron chi connectivity index (χ2n) is 6.29. The fourth-order valence-electron chi connectivity index (χ4n) is 2.74. The van der Waals surface area contributed by atoms with Gasteiger partial charge in [0.05, 0.1) is 5.56 Å². The minimum Gasteiger partial charge on any atom is -0.296 e. The van der Waals surface area contributed by atoms with Gasteiger partial charge < -0.3 is 0 Å². The number of benzene rings is 2. The highest BCUT2D eigenvalue weighted by Gasteiger charge is 2.21. The van der Waals surface area contributed by atoms with Gasteiger partial charge in [-0.1, -0.05) is 53.4 Å². The van der Waals surface area contributed by atoms with E-state index in [-0.39, 0.29) is 16.8 Å². The van der Waals surface area contributed by atoms with E-state index in [1.165, 1.54) is 40.0 Å². The molecule has 0 fully saturated rings. The number of rotatable bonds is 6. The summed E-state index contributed by atoms with van der Waals surface area (Å²) in [7, 11) is 1.62. The Morgan fingerprint density at radius 3 is 2.73 bits per heavy atom. The fourth-order valence-corrected chi connectivity index (χ4v) is 4.44. The Morgan fingerprint density at radius 2 is 1.97 bits per heavy atom. The van der Waals surface area contributed by atoms with Crippen LogP contribution in [0.2, 0.25) is 0 Å². The summed E-state index contributed by atoms with van der Waals surface area (Å²) in [4.78, 5) is 12.8. The third kappa shape index (κ3) is 4.55. The molecule has 4 aromatic rings. The molecule has 2 aromatic heterocycles. The second kappa shape index (κ2) is 8.72. The summed E-state index contributed by atoms with van der Waals surface area (Å²) in [5.41, 5.74) is 1.47. The van der Waals surface area contributed by atoms with E-state index in [2.05, 4.69) is 20.6 Å². The van der Waals surface area contributed by atoms with Crippen molar-refractivity contribution in [2.24, 2.45) is 7.05 Å². The lowest BCUT2D eigenvalue weighted by Crippen LogP contribution is -2.12. The van der Waals surface area contributed by atoms with E-state index in [4.69, 9.17) is 0 Å². The summed E-state index contributed by atoms with van der Waals surface area (Å²) < 4.78 is 29.5. The molecule has 4 rings (SSSR count). The molecule has 2 heterocycles. The third-order valence-corrected chi connectivity index (χ3v) is 6.13. The standard InChI is InChI=1S/C20H15F2N5OS2/c1-27-10-15(17(26-27)14-8-7-13(21)9-16(14)22)18(28)23-19-24-25-20(30-19)29-11-12-5-3-2-4-6-12/h2-10H,11H2,1H3,(H,23,24,28). The highest BCUT2D eigenvalue weighted by molar-refractivity contribution is 8.00. The van der Waals surface area contributed by atoms with Gasteiger partial charge in [-0.25, -0.2) is 8.78 Å². The molecular weight excluding hydrogens is 428 g/mol. The largest absolute Gasteiger partial charge is 0.296 e. The number of aryl methyl sites for hydroxylation is 1. The maximum Gasteiger partial charge on any atom is 0.261 e. The zero-order valence-corrected chi connectivity index (χ0v) is 17.3. The van der Waals surface area contributed by atoms with Crippen LogP contribution in [0.15, 0.2) is 59.1 Å². The number of hydrogen-bond donors (Lipinski definition) is 1. The van der Waals surface area contributed by atoms with Crippen LogP contribution >= 0.6 is 23.1 Å². The van der Waals surface area contributed by atoms with E-state index in [9.17, 15) is 13.6 Å². The van der Waals surface area contributed by atoms with Crippen molar-refractivity contribution < 1.29 is 13.6 Å². The van der Waals surface area contributed by atoms with Crippen LogP contribution in [0.4, 0.5) is 13.9 Å². The van der Waals surface area contributed by atoms with E-state index < -0.39 is 17.5 Å². The van der Waals surface area contributed by atoms with Crippen molar-refractivity contribution >= 4 is 34.1 Å². The molecule has 0 aliphatic carbocycles. The third-order valence-electron chi connectivity index (χ3n) is 4.09. The molecule has 0 saturated heterocycles. The lowest BCUT2D eigenvalue weighted by molar-refractivity contribution is 0.102. The molecule has 30 heavy (non-hydrogen) atoms. The van der Waals surface area contributed by atoms with Gasteiger partial charge in [-0.2, -0.15) is 5.10 Å². The van der Waals surface area contributed by atoms with Crippen molar-refractivity contribution in [3.63, 3.8) is 0 Å². The molecule has 152 valence electrons. The Labute approximate surface area is 179 Å². The quantitative estimate of drug-likeness (QED) is 0.344. The van der Waals surface area contributed by atoms with E-state index in [1.54, 1.807) is 7.05 Å². The number of carbonyl (C=O) groups is 1. The normalized spacial score (nSPS) is 10.9. The van der Waals surface area contributed by atoms with Gasteiger partial charge in [0.15, 0.2) is 4.34 Å². The first kappa shape index (κ1) is 20.2. The topological polar surface area (TPSA) is 72.7 Å². The molecule has 10 heteroatoms. The van der Waals surface area contributed by atoms with Crippen LogP contribution < -0.4 is 5.32 Å². The SMILES string of the molecule is Cn1cc(C(=O)Nc2nnc(SCc3ccccc3)s2)c(-c2ccc(F)cc2F)n1. The Hall–Kier alpha value is -3.11. The summed E-state index contributed by atoms with van der Waals surface area (Å²) in [5.74, 6) is -1.26. The highest BCUT2D eigenvalue weighted by Crippen LogP contribution is 2.30. The molecule has 0 aliphatic rings. The van der Waals surface area contributed by atoms with Gasteiger partial charge in [-0.3, -0.25) is 14.8 Å². The van der Waals surface area contributed by atoms with Crippen LogP contribution in [-0.2, 0) is 12.8 Å². The molecule has 0 aliphatic heterocycles. The predicted octanol–water partition coefficient (Wildman–Crippen LogP) is 4.76. The molecule has 0 saturated carbocycles. The van der Waals surface area contributed by atoms with Crippen molar-refractivity contribution in [3.05, 3.63) is 77.5 Å². The van der Waals surface area contributed by atoms with Crippen LogP contribution in [-0.4, -0.2) is 25.9 Å². The van der Waals surface area contributed by atoms with Crippen molar-refractivity contribution in [2.75, 3.05) is 5.32 Å². The number of carbonyl (C=O) groups excluding carboxylic acids is 1. The summed E-state index contributed by atoms with van der Waals surface area (Å²) >= 11 is 2.76. The Morgan fingerprint density at radius 1 is 1.17 bits per heavy atom. The van der Waals surface area contributed by atoms with Crippen LogP contribution in [0, 0.1) is 11.6 Å². The maximum atomic E-state index is 14.2. The van der Waals surface area contributed by atoms with Crippen LogP contribution in [0.1, 0.15) is 15.9 Å². The first-order chi connectivity index (χ1) is 14.5. The number of anilines is 1. The molecule has 6 nitrogen and oxygen atoms in total. The van der Waals surface area contributed by atoms with Gasteiger partial charge in [0, 0.05) is 30.6 Å². The smallest absolute Gasteiger partial charge is 0.261 e. The van der Waals surface area contributed by atoms with E-state index in [1.807, 2.05) is 30.3 Å². The second-order valence-corrected chi connectivity index (χ2v) is 8.49. The molecule has 0 unspecified atom stereocenters. The van der Waals surface area contributed by atoms with Gasteiger partial charge in [0.1, 0.15) is 17.3 Å². The van der Waals surface area contributed by atoms with Gasteiger partial charge in [-0.05, 0) is 17.7 Å². The fraction of sp³-hybridized carbons (Fsp3) is 0.100. The summed E-state index contributed by atoms with van der Waals surface area (Å²) in [5, 5.41) is 15.2. The number of nitrogens with zero attached hydrogens (tertiary/aromatic N) is 4. The van der Waals surface area contributed by atoms with Crippen molar-refractivity contribution in [1.82, 2.24) is 20.0 Å². The Kier molecular flexibility index (Phi) is 5.86. The molecule has 2 aromatic carbocycles. The molecule has 0 spiro atoms. The van der Waals surface area contributed by atoms with Gasteiger partial charge in [0.25, 0.3) is 5.91 Å². The van der Waals surface area contributed by atoms with Gasteiger partial charge >= 0.3 is 0 Å². The number of nitrogens with one attached hydrogen (secondary N) is 1. The zero-order chi connectivity index (χ0) is 21.1. The number of hydrogen-bond acceptors (Lipinski definition) is 6. The minimum absolute atomic E-state index is 0.0403. The monoisotopic (exact) mass is 443 g/mol. The average Bonchev–Trinajstić information content (AvgIpc) is 3.33. The lowest BCUT2D eigenvalue weighted by Gasteiger charge is -2.04. The van der Waals surface area contributed by atoms with Crippen molar-refractivity contribution in [2.45, 2.75) is 10.1 Å². The minimum atomic E-state index is -0.793. The van der Waals surface area contributed by atoms with Gasteiger partial charge in [0.2, 0.25) is 5.13 Å². The Bertz CT molecular complexity index is 1190. The molecule has 0 atom stereocenters. The number of halogens is 2. The molecule has 1 amide bonds. The lowest BCUT2D eigenvalue weighted by atomic mass is 10.1. The number of amides is 1. The van der Waals surface area contributed by atoms with Crippen LogP contribution in [0.3, 0.4) is 0 Å². The van der Waals surface area contributed by atoms with Crippen molar-refractivity contribution in [3.8, 4) is 11.3 Å². The number of thioether (sulfide) groups is 1. The molecule has 1 N–H and O–H groups in total. The van der Waals surface area contributed by atoms with E-state index in [0.717, 1.165) is 23.4 Å². The van der Waals surface area contributed by atoms with Gasteiger partial charge in [-0.15, -0.1) is 10.2 Å². The predicted molar refractivity (Wildman–Crippen MR) is 112 cm³/mol.